The number of halogens is 1. The first-order valence-electron chi connectivity index (χ1n) is 6.26. The van der Waals surface area contributed by atoms with Crippen LogP contribution >= 0.6 is 11.6 Å². The largest absolute Gasteiger partial charge is 0.337 e. The number of hydrogen-bond acceptors (Lipinski definition) is 4. The summed E-state index contributed by atoms with van der Waals surface area (Å²) in [6.45, 7) is 5.32. The smallest absolute Gasteiger partial charge is 0.225 e. The quantitative estimate of drug-likeness (QED) is 0.894. The van der Waals surface area contributed by atoms with Crippen LogP contribution in [-0.4, -0.2) is 35.6 Å². The van der Waals surface area contributed by atoms with E-state index in [1.165, 1.54) is 12.8 Å². The molecule has 1 aromatic rings. The molecule has 1 aromatic heterocycles. The number of piperidine rings is 1. The SMILES string of the molecule is CCCN(c1ncc(Cl)cn1)C1CCCNC1. The van der Waals surface area contributed by atoms with Gasteiger partial charge in [0.1, 0.15) is 0 Å². The molecule has 0 saturated carbocycles. The van der Waals surface area contributed by atoms with Crippen LogP contribution in [0.4, 0.5) is 5.95 Å². The van der Waals surface area contributed by atoms with E-state index in [1.54, 1.807) is 12.4 Å². The second-order valence-corrected chi connectivity index (χ2v) is 4.83. The Balaban J connectivity index is 2.12. The molecule has 0 aromatic carbocycles. The molecule has 1 fully saturated rings. The first kappa shape index (κ1) is 12.6. The van der Waals surface area contributed by atoms with E-state index < -0.39 is 0 Å². The molecule has 0 spiro atoms. The van der Waals surface area contributed by atoms with Crippen molar-refractivity contribution in [3.63, 3.8) is 0 Å². The predicted molar refractivity (Wildman–Crippen MR) is 70.6 cm³/mol. The molecule has 2 heterocycles. The number of anilines is 1. The van der Waals surface area contributed by atoms with Gasteiger partial charge in [0.25, 0.3) is 0 Å². The molecule has 1 atom stereocenters. The molecule has 1 saturated heterocycles. The lowest BCUT2D eigenvalue weighted by molar-refractivity contribution is 0.426. The van der Waals surface area contributed by atoms with Gasteiger partial charge in [-0.3, -0.25) is 0 Å². The van der Waals surface area contributed by atoms with Gasteiger partial charge in [0.05, 0.1) is 17.4 Å². The first-order chi connectivity index (χ1) is 8.31. The Kier molecular flexibility index (Phi) is 4.57. The van der Waals surface area contributed by atoms with E-state index in [4.69, 9.17) is 11.6 Å². The average Bonchev–Trinajstić information content (AvgIpc) is 2.38. The Bertz CT molecular complexity index is 335. The van der Waals surface area contributed by atoms with Gasteiger partial charge < -0.3 is 10.2 Å². The molecule has 0 amide bonds. The van der Waals surface area contributed by atoms with Crippen molar-refractivity contribution in [2.24, 2.45) is 0 Å². The number of aromatic nitrogens is 2. The minimum Gasteiger partial charge on any atom is -0.337 e. The van der Waals surface area contributed by atoms with Crippen molar-refractivity contribution in [1.29, 1.82) is 0 Å². The van der Waals surface area contributed by atoms with Gasteiger partial charge in [-0.15, -0.1) is 0 Å². The number of rotatable bonds is 4. The fourth-order valence-electron chi connectivity index (χ4n) is 2.24. The normalized spacial score (nSPS) is 20.2. The maximum Gasteiger partial charge on any atom is 0.225 e. The van der Waals surface area contributed by atoms with Gasteiger partial charge in [0, 0.05) is 19.1 Å². The lowest BCUT2D eigenvalue weighted by Gasteiger charge is -2.34. The summed E-state index contributed by atoms with van der Waals surface area (Å²) in [6.07, 6.45) is 6.87. The lowest BCUT2D eigenvalue weighted by Crippen LogP contribution is -2.47. The average molecular weight is 255 g/mol. The van der Waals surface area contributed by atoms with Crippen LogP contribution in [0, 0.1) is 0 Å². The molecule has 94 valence electrons. The highest BCUT2D eigenvalue weighted by Gasteiger charge is 2.22. The summed E-state index contributed by atoms with van der Waals surface area (Å²) < 4.78 is 0. The van der Waals surface area contributed by atoms with Crippen LogP contribution < -0.4 is 10.2 Å². The van der Waals surface area contributed by atoms with Crippen molar-refractivity contribution in [1.82, 2.24) is 15.3 Å². The zero-order valence-electron chi connectivity index (χ0n) is 10.2. The summed E-state index contributed by atoms with van der Waals surface area (Å²) in [7, 11) is 0. The summed E-state index contributed by atoms with van der Waals surface area (Å²) in [4.78, 5) is 10.9. The third kappa shape index (κ3) is 3.30. The summed E-state index contributed by atoms with van der Waals surface area (Å²) in [5, 5.41) is 4.02. The number of nitrogens with zero attached hydrogens (tertiary/aromatic N) is 3. The minimum absolute atomic E-state index is 0.505. The van der Waals surface area contributed by atoms with Gasteiger partial charge in [-0.25, -0.2) is 9.97 Å². The van der Waals surface area contributed by atoms with E-state index in [1.807, 2.05) is 0 Å². The van der Waals surface area contributed by atoms with Crippen LogP contribution in [-0.2, 0) is 0 Å². The van der Waals surface area contributed by atoms with Crippen LogP contribution in [0.25, 0.3) is 0 Å². The standard InChI is InChI=1S/C12H19ClN4/c1-2-6-17(11-4-3-5-14-9-11)12-15-7-10(13)8-16-12/h7-8,11,14H,2-6,9H2,1H3. The van der Waals surface area contributed by atoms with Gasteiger partial charge in [-0.05, 0) is 25.8 Å². The molecule has 1 unspecified atom stereocenters. The number of nitrogens with one attached hydrogen (secondary N) is 1. The Labute approximate surface area is 107 Å². The van der Waals surface area contributed by atoms with Crippen LogP contribution in [0.5, 0.6) is 0 Å². The fourth-order valence-corrected chi connectivity index (χ4v) is 2.34. The summed E-state index contributed by atoms with van der Waals surface area (Å²) in [5.74, 6) is 0.796. The van der Waals surface area contributed by atoms with E-state index in [0.29, 0.717) is 11.1 Å². The summed E-state index contributed by atoms with van der Waals surface area (Å²) in [6, 6.07) is 0.505. The highest BCUT2D eigenvalue weighted by molar-refractivity contribution is 6.30. The Morgan fingerprint density at radius 2 is 2.24 bits per heavy atom. The van der Waals surface area contributed by atoms with Crippen molar-refractivity contribution in [3.8, 4) is 0 Å². The third-order valence-corrected chi connectivity index (χ3v) is 3.23. The van der Waals surface area contributed by atoms with Crippen LogP contribution in [0.15, 0.2) is 12.4 Å². The van der Waals surface area contributed by atoms with Gasteiger partial charge in [-0.1, -0.05) is 18.5 Å². The number of hydrogen-bond donors (Lipinski definition) is 1. The van der Waals surface area contributed by atoms with Gasteiger partial charge in [-0.2, -0.15) is 0 Å². The summed E-state index contributed by atoms with van der Waals surface area (Å²) in [5.41, 5.74) is 0. The predicted octanol–water partition coefficient (Wildman–Crippen LogP) is 2.10. The van der Waals surface area contributed by atoms with Gasteiger partial charge >= 0.3 is 0 Å². The molecular weight excluding hydrogens is 236 g/mol. The van der Waals surface area contributed by atoms with Gasteiger partial charge in [0.15, 0.2) is 0 Å². The zero-order chi connectivity index (χ0) is 12.1. The van der Waals surface area contributed by atoms with E-state index in [-0.39, 0.29) is 0 Å². The molecule has 1 aliphatic heterocycles. The van der Waals surface area contributed by atoms with Gasteiger partial charge in [0.2, 0.25) is 5.95 Å². The van der Waals surface area contributed by atoms with Crippen LogP contribution in [0.2, 0.25) is 5.02 Å². The van der Waals surface area contributed by atoms with Crippen molar-refractivity contribution in [2.45, 2.75) is 32.2 Å². The second-order valence-electron chi connectivity index (χ2n) is 4.39. The highest BCUT2D eigenvalue weighted by atomic mass is 35.5. The molecule has 1 N–H and O–H groups in total. The van der Waals surface area contributed by atoms with E-state index in [9.17, 15) is 0 Å². The van der Waals surface area contributed by atoms with Crippen molar-refractivity contribution < 1.29 is 0 Å². The molecule has 4 nitrogen and oxygen atoms in total. The Hall–Kier alpha value is -0.870. The van der Waals surface area contributed by atoms with E-state index in [0.717, 1.165) is 32.0 Å². The molecule has 0 aliphatic carbocycles. The Morgan fingerprint density at radius 3 is 2.82 bits per heavy atom. The molecule has 5 heteroatoms. The van der Waals surface area contributed by atoms with Crippen LogP contribution in [0.1, 0.15) is 26.2 Å². The minimum atomic E-state index is 0.505. The Morgan fingerprint density at radius 1 is 1.47 bits per heavy atom. The topological polar surface area (TPSA) is 41.1 Å². The van der Waals surface area contributed by atoms with Crippen molar-refractivity contribution in [2.75, 3.05) is 24.5 Å². The lowest BCUT2D eigenvalue weighted by atomic mass is 10.1. The zero-order valence-corrected chi connectivity index (χ0v) is 11.0. The van der Waals surface area contributed by atoms with Crippen molar-refractivity contribution in [3.05, 3.63) is 17.4 Å². The van der Waals surface area contributed by atoms with E-state index in [2.05, 4.69) is 27.1 Å². The first-order valence-corrected chi connectivity index (χ1v) is 6.64. The molecule has 2 rings (SSSR count). The highest BCUT2D eigenvalue weighted by Crippen LogP contribution is 2.18. The monoisotopic (exact) mass is 254 g/mol. The molecular formula is C12H19ClN4. The molecule has 1 aliphatic rings. The maximum absolute atomic E-state index is 5.82. The fraction of sp³-hybridized carbons (Fsp3) is 0.667. The molecule has 17 heavy (non-hydrogen) atoms. The van der Waals surface area contributed by atoms with E-state index >= 15 is 0 Å². The second kappa shape index (κ2) is 6.17. The maximum atomic E-state index is 5.82. The molecule has 0 bridgehead atoms. The van der Waals surface area contributed by atoms with Crippen molar-refractivity contribution >= 4 is 17.5 Å². The third-order valence-electron chi connectivity index (χ3n) is 3.04. The van der Waals surface area contributed by atoms with Crippen LogP contribution in [0.3, 0.4) is 0 Å². The summed E-state index contributed by atoms with van der Waals surface area (Å²) >= 11 is 5.82. The molecule has 0 radical (unpaired) electrons.